The maximum atomic E-state index is 12.9. The summed E-state index contributed by atoms with van der Waals surface area (Å²) in [6.45, 7) is 5.11. The average molecular weight is 476 g/mol. The molecule has 0 unspecified atom stereocenters. The largest absolute Gasteiger partial charge is 0.493 e. The van der Waals surface area contributed by atoms with Gasteiger partial charge in [-0.15, -0.1) is 0 Å². The number of rotatable bonds is 10. The van der Waals surface area contributed by atoms with Crippen LogP contribution in [0.5, 0.6) is 11.5 Å². The zero-order valence-electron chi connectivity index (χ0n) is 19.7. The highest BCUT2D eigenvalue weighted by Crippen LogP contribution is 2.33. The highest BCUT2D eigenvalue weighted by molar-refractivity contribution is 7.92. The molecule has 2 aromatic rings. The predicted octanol–water partition coefficient (Wildman–Crippen LogP) is 2.77. The van der Waals surface area contributed by atoms with Gasteiger partial charge in [0.15, 0.2) is 11.5 Å². The summed E-state index contributed by atoms with van der Waals surface area (Å²) >= 11 is 0. The van der Waals surface area contributed by atoms with Gasteiger partial charge in [0.1, 0.15) is 6.04 Å². The second-order valence-electron chi connectivity index (χ2n) is 8.29. The number of carbonyl (C=O) groups is 1. The third kappa shape index (κ3) is 6.39. The molecule has 9 heteroatoms. The van der Waals surface area contributed by atoms with E-state index in [1.807, 2.05) is 12.1 Å². The first-order valence-corrected chi connectivity index (χ1v) is 12.9. The molecule has 1 saturated heterocycles. The molecule has 0 aromatic heterocycles. The molecule has 1 fully saturated rings. The highest BCUT2D eigenvalue weighted by atomic mass is 32.2. The summed E-state index contributed by atoms with van der Waals surface area (Å²) in [6, 6.07) is 11.9. The molecule has 2 aromatic carbocycles. The van der Waals surface area contributed by atoms with E-state index < -0.39 is 22.0 Å². The zero-order chi connectivity index (χ0) is 24.0. The molecule has 0 spiro atoms. The molecule has 0 bridgehead atoms. The summed E-state index contributed by atoms with van der Waals surface area (Å²) in [7, 11) is -0.763. The van der Waals surface area contributed by atoms with E-state index in [9.17, 15) is 13.2 Å². The summed E-state index contributed by atoms with van der Waals surface area (Å²) < 4.78 is 36.7. The number of nitrogens with zero attached hydrogens (tertiary/aromatic N) is 2. The Kier molecular flexibility index (Phi) is 8.20. The summed E-state index contributed by atoms with van der Waals surface area (Å²) in [5.74, 6) is 0.460. The molecule has 33 heavy (non-hydrogen) atoms. The molecular formula is C24H33N3O5S. The number of nitrogens with one attached hydrogen (secondary N) is 1. The van der Waals surface area contributed by atoms with Gasteiger partial charge in [0, 0.05) is 19.2 Å². The number of carbonyl (C=O) groups excluding carboxylic acids is 1. The summed E-state index contributed by atoms with van der Waals surface area (Å²) in [5, 5.41) is 2.85. The minimum absolute atomic E-state index is 0.316. The van der Waals surface area contributed by atoms with E-state index >= 15 is 0 Å². The SMILES string of the molecule is COc1ccc(N([C@H](C)C(=O)NCc2ccc(CN3CCCC3)cc2)S(C)(=O)=O)cc1OC. The molecule has 8 nitrogen and oxygen atoms in total. The standard InChI is InChI=1S/C24H33N3O5S/c1-18(27(33(4,29)30)21-11-12-22(31-2)23(15-21)32-3)24(28)25-16-19-7-9-20(10-8-19)17-26-13-5-6-14-26/h7-12,15,18H,5-6,13-14,16-17H2,1-4H3,(H,25,28)/t18-/m1/s1. The molecule has 3 rings (SSSR count). The lowest BCUT2D eigenvalue weighted by atomic mass is 10.1. The minimum atomic E-state index is -3.74. The fourth-order valence-corrected chi connectivity index (χ4v) is 5.24. The lowest BCUT2D eigenvalue weighted by molar-refractivity contribution is -0.122. The number of hydrogen-bond acceptors (Lipinski definition) is 6. The van der Waals surface area contributed by atoms with Gasteiger partial charge in [-0.05, 0) is 56.1 Å². The van der Waals surface area contributed by atoms with E-state index in [1.165, 1.54) is 32.6 Å². The topological polar surface area (TPSA) is 88.2 Å². The molecule has 1 amide bonds. The van der Waals surface area contributed by atoms with E-state index in [4.69, 9.17) is 9.47 Å². The van der Waals surface area contributed by atoms with Crippen molar-refractivity contribution in [3.8, 4) is 11.5 Å². The van der Waals surface area contributed by atoms with Crippen molar-refractivity contribution in [1.82, 2.24) is 10.2 Å². The van der Waals surface area contributed by atoms with Crippen LogP contribution in [0.1, 0.15) is 30.9 Å². The maximum Gasteiger partial charge on any atom is 0.243 e. The molecule has 180 valence electrons. The van der Waals surface area contributed by atoms with E-state index in [2.05, 4.69) is 22.3 Å². The second kappa shape index (κ2) is 10.9. The molecule has 1 heterocycles. The number of likely N-dealkylation sites (tertiary alicyclic amines) is 1. The van der Waals surface area contributed by atoms with Crippen LogP contribution < -0.4 is 19.1 Å². The monoisotopic (exact) mass is 475 g/mol. The van der Waals surface area contributed by atoms with Gasteiger partial charge in [-0.1, -0.05) is 24.3 Å². The number of sulfonamides is 1. The normalized spacial score (nSPS) is 15.2. The minimum Gasteiger partial charge on any atom is -0.493 e. The number of amides is 1. The molecule has 0 saturated carbocycles. The van der Waals surface area contributed by atoms with Gasteiger partial charge in [-0.25, -0.2) is 8.42 Å². The zero-order valence-corrected chi connectivity index (χ0v) is 20.5. The quantitative estimate of drug-likeness (QED) is 0.569. The van der Waals surface area contributed by atoms with Crippen LogP contribution in [-0.4, -0.2) is 58.8 Å². The van der Waals surface area contributed by atoms with Crippen LogP contribution in [0.4, 0.5) is 5.69 Å². The van der Waals surface area contributed by atoms with Crippen molar-refractivity contribution in [2.75, 3.05) is 37.9 Å². The van der Waals surface area contributed by atoms with Gasteiger partial charge < -0.3 is 14.8 Å². The van der Waals surface area contributed by atoms with E-state index in [1.54, 1.807) is 25.1 Å². The number of methoxy groups -OCH3 is 2. The molecule has 1 aliphatic heterocycles. The van der Waals surface area contributed by atoms with Crippen molar-refractivity contribution < 1.29 is 22.7 Å². The Morgan fingerprint density at radius 1 is 1.03 bits per heavy atom. The van der Waals surface area contributed by atoms with Crippen molar-refractivity contribution in [1.29, 1.82) is 0 Å². The molecule has 0 radical (unpaired) electrons. The maximum absolute atomic E-state index is 12.9. The lowest BCUT2D eigenvalue weighted by Crippen LogP contribution is -2.47. The smallest absolute Gasteiger partial charge is 0.243 e. The Balaban J connectivity index is 1.67. The van der Waals surface area contributed by atoms with Crippen molar-refractivity contribution >= 4 is 21.6 Å². The fourth-order valence-electron chi connectivity index (χ4n) is 4.07. The van der Waals surface area contributed by atoms with Crippen LogP contribution in [0.15, 0.2) is 42.5 Å². The molecule has 1 atom stereocenters. The predicted molar refractivity (Wildman–Crippen MR) is 129 cm³/mol. The second-order valence-corrected chi connectivity index (χ2v) is 10.2. The number of ether oxygens (including phenoxy) is 2. The summed E-state index contributed by atoms with van der Waals surface area (Å²) in [6.07, 6.45) is 3.60. The Hall–Kier alpha value is -2.78. The first-order chi connectivity index (χ1) is 15.7. The van der Waals surface area contributed by atoms with Crippen LogP contribution in [0.25, 0.3) is 0 Å². The van der Waals surface area contributed by atoms with E-state index in [0.717, 1.165) is 35.8 Å². The fraction of sp³-hybridized carbons (Fsp3) is 0.458. The van der Waals surface area contributed by atoms with E-state index in [-0.39, 0.29) is 0 Å². The van der Waals surface area contributed by atoms with Crippen LogP contribution in [0, 0.1) is 0 Å². The first kappa shape index (κ1) is 24.9. The van der Waals surface area contributed by atoms with Gasteiger partial charge in [0.25, 0.3) is 0 Å². The van der Waals surface area contributed by atoms with Gasteiger partial charge in [0.05, 0.1) is 26.2 Å². The first-order valence-electron chi connectivity index (χ1n) is 11.0. The number of benzene rings is 2. The summed E-state index contributed by atoms with van der Waals surface area (Å²) in [5.41, 5.74) is 2.53. The van der Waals surface area contributed by atoms with Gasteiger partial charge in [-0.2, -0.15) is 0 Å². The molecule has 0 aliphatic carbocycles. The van der Waals surface area contributed by atoms with Crippen LogP contribution >= 0.6 is 0 Å². The molecule has 1 N–H and O–H groups in total. The van der Waals surface area contributed by atoms with Crippen LogP contribution in [0.2, 0.25) is 0 Å². The van der Waals surface area contributed by atoms with Crippen molar-refractivity contribution in [3.63, 3.8) is 0 Å². The summed E-state index contributed by atoms with van der Waals surface area (Å²) in [4.78, 5) is 15.3. The third-order valence-electron chi connectivity index (χ3n) is 5.80. The number of hydrogen-bond donors (Lipinski definition) is 1. The van der Waals surface area contributed by atoms with E-state index in [0.29, 0.717) is 23.7 Å². The highest BCUT2D eigenvalue weighted by Gasteiger charge is 2.29. The van der Waals surface area contributed by atoms with Crippen molar-refractivity contribution in [2.24, 2.45) is 0 Å². The van der Waals surface area contributed by atoms with Gasteiger partial charge >= 0.3 is 0 Å². The number of anilines is 1. The lowest BCUT2D eigenvalue weighted by Gasteiger charge is -2.28. The Labute approximate surface area is 196 Å². The molecular weight excluding hydrogens is 442 g/mol. The average Bonchev–Trinajstić information content (AvgIpc) is 3.30. The third-order valence-corrected chi connectivity index (χ3v) is 7.05. The van der Waals surface area contributed by atoms with Crippen molar-refractivity contribution in [2.45, 2.75) is 38.9 Å². The molecule has 1 aliphatic rings. The van der Waals surface area contributed by atoms with Gasteiger partial charge in [-0.3, -0.25) is 14.0 Å². The van der Waals surface area contributed by atoms with Crippen molar-refractivity contribution in [3.05, 3.63) is 53.6 Å². The van der Waals surface area contributed by atoms with Gasteiger partial charge in [0.2, 0.25) is 15.9 Å². The Bertz CT molecular complexity index is 1050. The van der Waals surface area contributed by atoms with Crippen LogP contribution in [0.3, 0.4) is 0 Å². The Morgan fingerprint density at radius 2 is 1.64 bits per heavy atom. The Morgan fingerprint density at radius 3 is 2.21 bits per heavy atom. The van der Waals surface area contributed by atoms with Crippen LogP contribution in [-0.2, 0) is 27.9 Å².